The third-order valence-corrected chi connectivity index (χ3v) is 4.24. The Labute approximate surface area is 165 Å². The highest BCUT2D eigenvalue weighted by atomic mass is 35.5. The van der Waals surface area contributed by atoms with Gasteiger partial charge in [0.25, 0.3) is 0 Å². The van der Waals surface area contributed by atoms with Crippen LogP contribution in [-0.4, -0.2) is 35.7 Å². The Morgan fingerprint density at radius 2 is 1.96 bits per heavy atom. The molecule has 0 saturated heterocycles. The van der Waals surface area contributed by atoms with E-state index in [0.29, 0.717) is 21.6 Å². The number of methoxy groups -OCH3 is 1. The second kappa shape index (κ2) is 8.14. The number of fused-ring (bicyclic) bond motifs is 1. The molecule has 0 amide bonds. The van der Waals surface area contributed by atoms with E-state index >= 15 is 0 Å². The molecule has 2 N–H and O–H groups in total. The molecule has 2 aromatic carbocycles. The summed E-state index contributed by atoms with van der Waals surface area (Å²) in [5.74, 6) is -1.18. The summed E-state index contributed by atoms with van der Waals surface area (Å²) in [6.45, 7) is 1.87. The summed E-state index contributed by atoms with van der Waals surface area (Å²) in [5.41, 5.74) is 1.58. The number of rotatable bonds is 5. The number of aromatic hydroxyl groups is 1. The van der Waals surface area contributed by atoms with Gasteiger partial charge in [0.1, 0.15) is 11.3 Å². The number of nitrogens with one attached hydrogen (secondary N) is 1. The number of hydrogen-bond donors (Lipinski definition) is 2. The fraction of sp³-hybridized carbons (Fsp3) is 0.150. The highest BCUT2D eigenvalue weighted by Gasteiger charge is 2.19. The van der Waals surface area contributed by atoms with E-state index in [1.165, 1.54) is 31.5 Å². The molecule has 0 fully saturated rings. The number of hydrogen-bond acceptors (Lipinski definition) is 7. The van der Waals surface area contributed by atoms with Crippen molar-refractivity contribution in [2.75, 3.05) is 19.0 Å². The largest absolute Gasteiger partial charge is 0.506 e. The van der Waals surface area contributed by atoms with E-state index in [1.54, 1.807) is 25.1 Å². The second-order valence-electron chi connectivity index (χ2n) is 5.78. The van der Waals surface area contributed by atoms with Crippen molar-refractivity contribution in [1.29, 1.82) is 0 Å². The van der Waals surface area contributed by atoms with Gasteiger partial charge in [0.2, 0.25) is 0 Å². The van der Waals surface area contributed by atoms with Crippen molar-refractivity contribution >= 4 is 45.8 Å². The first-order valence-electron chi connectivity index (χ1n) is 8.38. The maximum absolute atomic E-state index is 12.4. The molecular formula is C20H17ClN2O5. The summed E-state index contributed by atoms with van der Waals surface area (Å²) < 4.78 is 9.87. The number of carbonyl (C=O) groups is 2. The van der Waals surface area contributed by atoms with E-state index in [-0.39, 0.29) is 29.2 Å². The normalized spacial score (nSPS) is 10.5. The third kappa shape index (κ3) is 3.84. The van der Waals surface area contributed by atoms with E-state index in [0.717, 1.165) is 0 Å². The molecule has 0 atom stereocenters. The van der Waals surface area contributed by atoms with Gasteiger partial charge < -0.3 is 19.9 Å². The summed E-state index contributed by atoms with van der Waals surface area (Å²) in [4.78, 5) is 28.7. The minimum absolute atomic E-state index is 0.0618. The summed E-state index contributed by atoms with van der Waals surface area (Å²) in [7, 11) is 1.28. The molecule has 0 unspecified atom stereocenters. The van der Waals surface area contributed by atoms with E-state index < -0.39 is 11.9 Å². The van der Waals surface area contributed by atoms with Crippen LogP contribution in [0.4, 0.5) is 11.4 Å². The van der Waals surface area contributed by atoms with E-state index in [4.69, 9.17) is 21.1 Å². The van der Waals surface area contributed by atoms with Crippen molar-refractivity contribution in [3.8, 4) is 5.75 Å². The van der Waals surface area contributed by atoms with E-state index in [9.17, 15) is 14.7 Å². The van der Waals surface area contributed by atoms with Gasteiger partial charge in [-0.2, -0.15) is 0 Å². The third-order valence-electron chi connectivity index (χ3n) is 4.00. The minimum atomic E-state index is -0.593. The van der Waals surface area contributed by atoms with Crippen molar-refractivity contribution in [2.24, 2.45) is 0 Å². The molecule has 1 aromatic heterocycles. The second-order valence-corrected chi connectivity index (χ2v) is 6.21. The molecule has 3 aromatic rings. The number of carbonyl (C=O) groups excluding carboxylic acids is 2. The van der Waals surface area contributed by atoms with E-state index in [2.05, 4.69) is 10.3 Å². The fourth-order valence-corrected chi connectivity index (χ4v) is 2.85. The summed E-state index contributed by atoms with van der Waals surface area (Å²) in [6.07, 6.45) is 1.38. The van der Waals surface area contributed by atoms with Crippen LogP contribution in [0.5, 0.6) is 5.75 Å². The molecule has 8 heteroatoms. The van der Waals surface area contributed by atoms with Gasteiger partial charge in [-0.3, -0.25) is 4.98 Å². The van der Waals surface area contributed by atoms with Gasteiger partial charge in [-0.05, 0) is 43.3 Å². The van der Waals surface area contributed by atoms with Crippen LogP contribution in [-0.2, 0) is 9.47 Å². The van der Waals surface area contributed by atoms with Crippen LogP contribution in [0, 0.1) is 0 Å². The van der Waals surface area contributed by atoms with Crippen LogP contribution in [0.15, 0.2) is 42.6 Å². The number of ether oxygens (including phenoxy) is 2. The van der Waals surface area contributed by atoms with Gasteiger partial charge in [-0.15, -0.1) is 0 Å². The molecule has 0 bridgehead atoms. The predicted molar refractivity (Wildman–Crippen MR) is 105 cm³/mol. The molecule has 0 spiro atoms. The average Bonchev–Trinajstić information content (AvgIpc) is 2.70. The zero-order valence-corrected chi connectivity index (χ0v) is 15.9. The molecule has 0 aliphatic rings. The van der Waals surface area contributed by atoms with Crippen LogP contribution in [0.2, 0.25) is 5.02 Å². The monoisotopic (exact) mass is 400 g/mol. The Morgan fingerprint density at radius 1 is 1.18 bits per heavy atom. The number of nitrogens with zero attached hydrogens (tertiary/aromatic N) is 1. The van der Waals surface area contributed by atoms with Crippen LogP contribution in [0.3, 0.4) is 0 Å². The SMILES string of the molecule is CCOC(=O)c1cnc2ccc(C(=O)OC)cc2c1Nc1cc(Cl)ccc1O. The lowest BCUT2D eigenvalue weighted by molar-refractivity contribution is 0.0526. The Hall–Kier alpha value is -3.32. The number of anilines is 2. The molecule has 7 nitrogen and oxygen atoms in total. The zero-order valence-electron chi connectivity index (χ0n) is 15.2. The molecular weight excluding hydrogens is 384 g/mol. The topological polar surface area (TPSA) is 97.8 Å². The lowest BCUT2D eigenvalue weighted by Crippen LogP contribution is -2.10. The summed E-state index contributed by atoms with van der Waals surface area (Å²) >= 11 is 6.02. The van der Waals surface area contributed by atoms with Gasteiger partial charge >= 0.3 is 11.9 Å². The number of pyridine rings is 1. The molecule has 0 radical (unpaired) electrons. The molecule has 0 aliphatic carbocycles. The molecule has 144 valence electrons. The van der Waals surface area contributed by atoms with Crippen LogP contribution < -0.4 is 5.32 Å². The van der Waals surface area contributed by atoms with Crippen molar-refractivity contribution in [3.63, 3.8) is 0 Å². The average molecular weight is 401 g/mol. The number of phenolic OH excluding ortho intramolecular Hbond substituents is 1. The van der Waals surface area contributed by atoms with Crippen LogP contribution in [0.1, 0.15) is 27.6 Å². The number of halogens is 1. The smallest absolute Gasteiger partial charge is 0.341 e. The maximum atomic E-state index is 12.4. The van der Waals surface area contributed by atoms with Gasteiger partial charge in [0.15, 0.2) is 0 Å². The highest BCUT2D eigenvalue weighted by Crippen LogP contribution is 2.35. The Morgan fingerprint density at radius 3 is 2.68 bits per heavy atom. The van der Waals surface area contributed by atoms with Crippen molar-refractivity contribution in [2.45, 2.75) is 6.92 Å². The van der Waals surface area contributed by atoms with E-state index in [1.807, 2.05) is 0 Å². The van der Waals surface area contributed by atoms with Crippen LogP contribution in [0.25, 0.3) is 10.9 Å². The van der Waals surface area contributed by atoms with Crippen molar-refractivity contribution < 1.29 is 24.2 Å². The number of aromatic nitrogens is 1. The van der Waals surface area contributed by atoms with Gasteiger partial charge in [0.05, 0.1) is 36.2 Å². The summed E-state index contributed by atoms with van der Waals surface area (Å²) in [5, 5.41) is 14.1. The molecule has 28 heavy (non-hydrogen) atoms. The maximum Gasteiger partial charge on any atom is 0.341 e. The van der Waals surface area contributed by atoms with Gasteiger partial charge in [-0.1, -0.05) is 11.6 Å². The number of benzene rings is 2. The van der Waals surface area contributed by atoms with Gasteiger partial charge in [-0.25, -0.2) is 9.59 Å². The standard InChI is InChI=1S/C20H17ClN2O5/c1-3-28-20(26)14-10-22-15-6-4-11(19(25)27-2)8-13(15)18(14)23-16-9-12(21)5-7-17(16)24/h4-10,24H,3H2,1-2H3,(H,22,23). The first-order chi connectivity index (χ1) is 13.4. The molecule has 0 saturated carbocycles. The predicted octanol–water partition coefficient (Wildman–Crippen LogP) is 4.30. The lowest BCUT2D eigenvalue weighted by Gasteiger charge is -2.15. The molecule has 3 rings (SSSR count). The minimum Gasteiger partial charge on any atom is -0.506 e. The van der Waals surface area contributed by atoms with Gasteiger partial charge in [0, 0.05) is 16.6 Å². The molecule has 1 heterocycles. The first kappa shape index (κ1) is 19.4. The zero-order chi connectivity index (χ0) is 20.3. The fourth-order valence-electron chi connectivity index (χ4n) is 2.68. The van der Waals surface area contributed by atoms with Crippen LogP contribution >= 0.6 is 11.6 Å². The number of phenols is 1. The quantitative estimate of drug-likeness (QED) is 0.486. The Bertz CT molecular complexity index is 1070. The Kier molecular flexibility index (Phi) is 5.65. The van der Waals surface area contributed by atoms with Crippen molar-refractivity contribution in [1.82, 2.24) is 4.98 Å². The number of esters is 2. The van der Waals surface area contributed by atoms with Crippen molar-refractivity contribution in [3.05, 3.63) is 58.7 Å². The highest BCUT2D eigenvalue weighted by molar-refractivity contribution is 6.31. The first-order valence-corrected chi connectivity index (χ1v) is 8.76. The molecule has 0 aliphatic heterocycles. The Balaban J connectivity index is 2.24. The lowest BCUT2D eigenvalue weighted by atomic mass is 10.1. The summed E-state index contributed by atoms with van der Waals surface area (Å²) in [6, 6.07) is 9.25.